The first kappa shape index (κ1) is 13.0. The van der Waals surface area contributed by atoms with Crippen molar-refractivity contribution in [2.45, 2.75) is 39.3 Å². The van der Waals surface area contributed by atoms with Gasteiger partial charge < -0.3 is 10.1 Å². The van der Waals surface area contributed by atoms with Crippen LogP contribution >= 0.6 is 0 Å². The summed E-state index contributed by atoms with van der Waals surface area (Å²) in [7, 11) is 1.92. The number of hydrogen-bond donors (Lipinski definition) is 1. The lowest BCUT2D eigenvalue weighted by atomic mass is 10.1. The molecule has 0 saturated carbocycles. The fourth-order valence-electron chi connectivity index (χ4n) is 1.80. The number of rotatable bonds is 5. The Morgan fingerprint density at radius 3 is 2.62 bits per heavy atom. The first-order chi connectivity index (χ1) is 7.58. The summed E-state index contributed by atoms with van der Waals surface area (Å²) < 4.78 is 18.7. The number of ether oxygens (including phenoxy) is 1. The van der Waals surface area contributed by atoms with E-state index in [0.29, 0.717) is 6.04 Å². The summed E-state index contributed by atoms with van der Waals surface area (Å²) in [6, 6.07) is 4.91. The first-order valence-corrected chi connectivity index (χ1v) is 5.68. The van der Waals surface area contributed by atoms with Crippen LogP contribution in [0.25, 0.3) is 0 Å². The number of likely N-dealkylation sites (N-methyl/N-ethyl adjacent to an activating group) is 1. The van der Waals surface area contributed by atoms with Crippen molar-refractivity contribution in [1.29, 1.82) is 0 Å². The monoisotopic (exact) mass is 225 g/mol. The zero-order valence-electron chi connectivity index (χ0n) is 10.4. The molecule has 1 N–H and O–H groups in total. The topological polar surface area (TPSA) is 21.3 Å². The molecule has 1 aromatic rings. The van der Waals surface area contributed by atoms with Gasteiger partial charge in [0.15, 0.2) is 0 Å². The average Bonchev–Trinajstić information content (AvgIpc) is 2.24. The third kappa shape index (κ3) is 3.20. The summed E-state index contributed by atoms with van der Waals surface area (Å²) >= 11 is 0. The van der Waals surface area contributed by atoms with Crippen molar-refractivity contribution < 1.29 is 9.13 Å². The molecular weight excluding hydrogens is 205 g/mol. The molecular formula is C13H20FNO. The van der Waals surface area contributed by atoms with Crippen LogP contribution in [0.5, 0.6) is 5.75 Å². The lowest BCUT2D eigenvalue weighted by Gasteiger charge is -2.24. The highest BCUT2D eigenvalue weighted by atomic mass is 19.1. The minimum Gasteiger partial charge on any atom is -0.489 e. The van der Waals surface area contributed by atoms with Crippen molar-refractivity contribution in [2.24, 2.45) is 0 Å². The zero-order valence-corrected chi connectivity index (χ0v) is 10.4. The van der Waals surface area contributed by atoms with Gasteiger partial charge in [0.1, 0.15) is 17.7 Å². The normalized spacial score (nSPS) is 14.6. The molecule has 0 bridgehead atoms. The van der Waals surface area contributed by atoms with Crippen LogP contribution in [0.4, 0.5) is 4.39 Å². The van der Waals surface area contributed by atoms with Gasteiger partial charge in [-0.15, -0.1) is 0 Å². The van der Waals surface area contributed by atoms with Gasteiger partial charge in [-0.1, -0.05) is 6.92 Å². The van der Waals surface area contributed by atoms with Crippen molar-refractivity contribution in [3.63, 3.8) is 0 Å². The van der Waals surface area contributed by atoms with Crippen LogP contribution in [-0.4, -0.2) is 19.2 Å². The molecule has 1 aromatic carbocycles. The summed E-state index contributed by atoms with van der Waals surface area (Å²) in [4.78, 5) is 0. The molecule has 1 rings (SSSR count). The third-order valence-electron chi connectivity index (χ3n) is 2.83. The zero-order chi connectivity index (χ0) is 12.1. The van der Waals surface area contributed by atoms with Gasteiger partial charge in [-0.05, 0) is 51.1 Å². The molecule has 3 heteroatoms. The van der Waals surface area contributed by atoms with Gasteiger partial charge in [-0.2, -0.15) is 0 Å². The molecule has 90 valence electrons. The van der Waals surface area contributed by atoms with Gasteiger partial charge in [0, 0.05) is 6.04 Å². The predicted octanol–water partition coefficient (Wildman–Crippen LogP) is 2.90. The fourth-order valence-corrected chi connectivity index (χ4v) is 1.80. The Labute approximate surface area is 96.8 Å². The Hall–Kier alpha value is -1.09. The fraction of sp³-hybridized carbons (Fsp3) is 0.538. The summed E-state index contributed by atoms with van der Waals surface area (Å²) in [5.41, 5.74) is 0.831. The molecule has 2 atom stereocenters. The van der Waals surface area contributed by atoms with Crippen molar-refractivity contribution >= 4 is 0 Å². The molecule has 0 fully saturated rings. The van der Waals surface area contributed by atoms with Crippen LogP contribution in [0.2, 0.25) is 0 Å². The van der Waals surface area contributed by atoms with Crippen LogP contribution in [0.15, 0.2) is 18.2 Å². The van der Waals surface area contributed by atoms with Crippen molar-refractivity contribution in [3.05, 3.63) is 29.6 Å². The number of hydrogen-bond acceptors (Lipinski definition) is 2. The van der Waals surface area contributed by atoms with Crippen LogP contribution in [0, 0.1) is 12.7 Å². The van der Waals surface area contributed by atoms with Crippen LogP contribution < -0.4 is 10.1 Å². The molecule has 0 spiro atoms. The van der Waals surface area contributed by atoms with E-state index in [1.807, 2.05) is 20.9 Å². The maximum atomic E-state index is 12.9. The Morgan fingerprint density at radius 2 is 2.12 bits per heavy atom. The molecule has 2 nitrogen and oxygen atoms in total. The van der Waals surface area contributed by atoms with Crippen LogP contribution in [0.1, 0.15) is 25.8 Å². The van der Waals surface area contributed by atoms with E-state index in [1.165, 1.54) is 12.1 Å². The van der Waals surface area contributed by atoms with Crippen LogP contribution in [0.3, 0.4) is 0 Å². The minimum atomic E-state index is -0.224. The molecule has 16 heavy (non-hydrogen) atoms. The van der Waals surface area contributed by atoms with E-state index < -0.39 is 0 Å². The standard InChI is InChI=1S/C13H20FNO/c1-5-12(15-4)10(3)16-13-7-6-11(14)8-9(13)2/h6-8,10,12,15H,5H2,1-4H3. The summed E-state index contributed by atoms with van der Waals surface area (Å²) in [6.45, 7) is 5.98. The Morgan fingerprint density at radius 1 is 1.44 bits per heavy atom. The second-order valence-electron chi connectivity index (χ2n) is 4.04. The van der Waals surface area contributed by atoms with Crippen LogP contribution in [-0.2, 0) is 0 Å². The highest BCUT2D eigenvalue weighted by molar-refractivity contribution is 5.32. The maximum absolute atomic E-state index is 12.9. The lowest BCUT2D eigenvalue weighted by molar-refractivity contribution is 0.170. The highest BCUT2D eigenvalue weighted by Gasteiger charge is 2.15. The second kappa shape index (κ2) is 5.85. The molecule has 0 saturated heterocycles. The van der Waals surface area contributed by atoms with Gasteiger partial charge >= 0.3 is 0 Å². The molecule has 0 aromatic heterocycles. The summed E-state index contributed by atoms with van der Waals surface area (Å²) in [6.07, 6.45) is 1.07. The SMILES string of the molecule is CCC(NC)C(C)Oc1ccc(F)cc1C. The van der Waals surface area contributed by atoms with Crippen molar-refractivity contribution in [2.75, 3.05) is 7.05 Å². The quantitative estimate of drug-likeness (QED) is 0.832. The second-order valence-corrected chi connectivity index (χ2v) is 4.04. The van der Waals surface area contributed by atoms with Gasteiger partial charge in [-0.25, -0.2) is 4.39 Å². The Kier molecular flexibility index (Phi) is 4.74. The Bertz CT molecular complexity index is 337. The predicted molar refractivity (Wildman–Crippen MR) is 64.4 cm³/mol. The summed E-state index contributed by atoms with van der Waals surface area (Å²) in [5.74, 6) is 0.528. The number of benzene rings is 1. The first-order valence-electron chi connectivity index (χ1n) is 5.68. The molecule has 0 heterocycles. The van der Waals surface area contributed by atoms with E-state index in [1.54, 1.807) is 6.07 Å². The largest absolute Gasteiger partial charge is 0.489 e. The van der Waals surface area contributed by atoms with E-state index in [4.69, 9.17) is 4.74 Å². The minimum absolute atomic E-state index is 0.0687. The lowest BCUT2D eigenvalue weighted by Crippen LogP contribution is -2.38. The van der Waals surface area contributed by atoms with Gasteiger partial charge in [0.2, 0.25) is 0 Å². The maximum Gasteiger partial charge on any atom is 0.123 e. The molecule has 0 aliphatic rings. The Balaban J connectivity index is 2.72. The molecule has 0 aliphatic heterocycles. The van der Waals surface area contributed by atoms with E-state index in [9.17, 15) is 4.39 Å². The number of halogens is 1. The molecule has 0 radical (unpaired) electrons. The summed E-state index contributed by atoms with van der Waals surface area (Å²) in [5, 5.41) is 3.20. The van der Waals surface area contributed by atoms with E-state index in [0.717, 1.165) is 17.7 Å². The van der Waals surface area contributed by atoms with Gasteiger partial charge in [0.05, 0.1) is 0 Å². The van der Waals surface area contributed by atoms with E-state index in [-0.39, 0.29) is 11.9 Å². The van der Waals surface area contributed by atoms with Crippen molar-refractivity contribution in [1.82, 2.24) is 5.32 Å². The number of aryl methyl sites for hydroxylation is 1. The molecule has 2 unspecified atom stereocenters. The smallest absolute Gasteiger partial charge is 0.123 e. The van der Waals surface area contributed by atoms with Gasteiger partial charge in [-0.3, -0.25) is 0 Å². The molecule has 0 amide bonds. The van der Waals surface area contributed by atoms with E-state index in [2.05, 4.69) is 12.2 Å². The van der Waals surface area contributed by atoms with Crippen molar-refractivity contribution in [3.8, 4) is 5.75 Å². The number of nitrogens with one attached hydrogen (secondary N) is 1. The highest BCUT2D eigenvalue weighted by Crippen LogP contribution is 2.20. The average molecular weight is 225 g/mol. The van der Waals surface area contributed by atoms with Gasteiger partial charge in [0.25, 0.3) is 0 Å². The van der Waals surface area contributed by atoms with E-state index >= 15 is 0 Å². The third-order valence-corrected chi connectivity index (χ3v) is 2.83. The molecule has 0 aliphatic carbocycles.